The van der Waals surface area contributed by atoms with Gasteiger partial charge in [-0.2, -0.15) is 0 Å². The van der Waals surface area contributed by atoms with E-state index in [-0.39, 0.29) is 24.4 Å². The zero-order valence-electron chi connectivity index (χ0n) is 13.0. The van der Waals surface area contributed by atoms with Gasteiger partial charge in [-0.25, -0.2) is 0 Å². The van der Waals surface area contributed by atoms with Gasteiger partial charge < -0.3 is 11.1 Å². The predicted octanol–water partition coefficient (Wildman–Crippen LogP) is 3.15. The fraction of sp³-hybridized carbons (Fsp3) is 0.588. The number of carbonyl (C=O) groups is 1. The van der Waals surface area contributed by atoms with Crippen LogP contribution >= 0.6 is 12.4 Å². The van der Waals surface area contributed by atoms with E-state index < -0.39 is 0 Å². The highest BCUT2D eigenvalue weighted by atomic mass is 35.5. The minimum absolute atomic E-state index is 0. The van der Waals surface area contributed by atoms with E-state index in [4.69, 9.17) is 5.73 Å². The number of amides is 1. The summed E-state index contributed by atoms with van der Waals surface area (Å²) in [4.78, 5) is 12.0. The van der Waals surface area contributed by atoms with Gasteiger partial charge in [0.2, 0.25) is 5.91 Å². The number of carbonyl (C=O) groups excluding carboxylic acids is 1. The molecule has 0 heterocycles. The lowest BCUT2D eigenvalue weighted by Crippen LogP contribution is -2.33. The summed E-state index contributed by atoms with van der Waals surface area (Å²) < 4.78 is 0. The maximum absolute atomic E-state index is 12.0. The van der Waals surface area contributed by atoms with Gasteiger partial charge in [-0.1, -0.05) is 43.2 Å². The third kappa shape index (κ3) is 5.33. The van der Waals surface area contributed by atoms with Crippen molar-refractivity contribution in [2.45, 2.75) is 51.5 Å². The van der Waals surface area contributed by atoms with E-state index in [1.807, 2.05) is 0 Å². The van der Waals surface area contributed by atoms with Gasteiger partial charge in [-0.15, -0.1) is 12.4 Å². The van der Waals surface area contributed by atoms with E-state index in [1.54, 1.807) is 0 Å². The van der Waals surface area contributed by atoms with Crippen molar-refractivity contribution in [3.63, 3.8) is 0 Å². The molecule has 1 fully saturated rings. The molecule has 4 heteroatoms. The first kappa shape index (κ1) is 18.0. The van der Waals surface area contributed by atoms with Crippen molar-refractivity contribution in [1.29, 1.82) is 0 Å². The number of nitrogens with one attached hydrogen (secondary N) is 1. The third-order valence-electron chi connectivity index (χ3n) is 4.42. The van der Waals surface area contributed by atoms with Crippen LogP contribution in [0.4, 0.5) is 0 Å². The van der Waals surface area contributed by atoms with Crippen molar-refractivity contribution in [1.82, 2.24) is 5.32 Å². The molecule has 1 amide bonds. The van der Waals surface area contributed by atoms with E-state index in [1.165, 1.54) is 17.5 Å². The summed E-state index contributed by atoms with van der Waals surface area (Å²) in [6.07, 6.45) is 3.92. The Morgan fingerprint density at radius 3 is 2.57 bits per heavy atom. The lowest BCUT2D eigenvalue weighted by Gasteiger charge is -2.17. The van der Waals surface area contributed by atoms with Gasteiger partial charge in [0.1, 0.15) is 0 Å². The summed E-state index contributed by atoms with van der Waals surface area (Å²) in [7, 11) is 0. The number of hydrogen-bond donors (Lipinski definition) is 2. The van der Waals surface area contributed by atoms with Crippen LogP contribution in [-0.2, 0) is 4.79 Å². The molecule has 0 spiro atoms. The van der Waals surface area contributed by atoms with Crippen LogP contribution in [0.1, 0.15) is 49.7 Å². The number of rotatable bonds is 5. The molecule has 21 heavy (non-hydrogen) atoms. The van der Waals surface area contributed by atoms with Crippen LogP contribution in [-0.4, -0.2) is 18.5 Å². The average molecular weight is 311 g/mol. The minimum Gasteiger partial charge on any atom is -0.355 e. The van der Waals surface area contributed by atoms with Gasteiger partial charge in [-0.3, -0.25) is 4.79 Å². The summed E-state index contributed by atoms with van der Waals surface area (Å²) in [6, 6.07) is 8.73. The molecule has 1 aliphatic carbocycles. The second-order valence-electron chi connectivity index (χ2n) is 6.17. The fourth-order valence-electron chi connectivity index (χ4n) is 2.91. The van der Waals surface area contributed by atoms with E-state index in [9.17, 15) is 4.79 Å². The number of hydrogen-bond acceptors (Lipinski definition) is 2. The van der Waals surface area contributed by atoms with Crippen molar-refractivity contribution in [2.24, 2.45) is 11.7 Å². The molecule has 3 atom stereocenters. The van der Waals surface area contributed by atoms with Crippen molar-refractivity contribution in [3.8, 4) is 0 Å². The summed E-state index contributed by atoms with van der Waals surface area (Å²) >= 11 is 0. The number of nitrogens with two attached hydrogens (primary N) is 1. The Kier molecular flexibility index (Phi) is 7.20. The monoisotopic (exact) mass is 310 g/mol. The molecule has 2 rings (SSSR count). The van der Waals surface area contributed by atoms with Crippen molar-refractivity contribution in [2.75, 3.05) is 6.54 Å². The van der Waals surface area contributed by atoms with Gasteiger partial charge in [-0.05, 0) is 37.2 Å². The van der Waals surface area contributed by atoms with Crippen molar-refractivity contribution in [3.05, 3.63) is 35.4 Å². The first-order valence-corrected chi connectivity index (χ1v) is 7.65. The Labute approximate surface area is 134 Å². The maximum Gasteiger partial charge on any atom is 0.220 e. The summed E-state index contributed by atoms with van der Waals surface area (Å²) in [6.45, 7) is 4.93. The number of aryl methyl sites for hydroxylation is 1. The van der Waals surface area contributed by atoms with Crippen LogP contribution < -0.4 is 11.1 Å². The average Bonchev–Trinajstić information content (AvgIpc) is 2.82. The van der Waals surface area contributed by atoms with E-state index in [0.717, 1.165) is 12.8 Å². The molecule has 118 valence electrons. The molecule has 1 unspecified atom stereocenters. The van der Waals surface area contributed by atoms with Crippen molar-refractivity contribution < 1.29 is 4.79 Å². The molecular weight excluding hydrogens is 284 g/mol. The molecule has 1 saturated carbocycles. The SMILES string of the molecule is Cc1ccc(C(C)CNC(=O)C[C@@H]2CCC[C@H]2N)cc1.Cl. The van der Waals surface area contributed by atoms with Crippen LogP contribution in [0.5, 0.6) is 0 Å². The summed E-state index contributed by atoms with van der Waals surface area (Å²) in [5.74, 6) is 0.868. The van der Waals surface area contributed by atoms with Gasteiger partial charge in [0.05, 0.1) is 0 Å². The van der Waals surface area contributed by atoms with Crippen LogP contribution in [0, 0.1) is 12.8 Å². The highest BCUT2D eigenvalue weighted by Crippen LogP contribution is 2.26. The molecule has 1 aromatic carbocycles. The van der Waals surface area contributed by atoms with Gasteiger partial charge in [0, 0.05) is 19.0 Å². The Morgan fingerprint density at radius 2 is 2.00 bits per heavy atom. The Hall–Kier alpha value is -1.06. The van der Waals surface area contributed by atoms with Crippen LogP contribution in [0.3, 0.4) is 0 Å². The molecular formula is C17H27ClN2O. The van der Waals surface area contributed by atoms with Crippen LogP contribution in [0.15, 0.2) is 24.3 Å². The first-order valence-electron chi connectivity index (χ1n) is 7.65. The lowest BCUT2D eigenvalue weighted by molar-refractivity contribution is -0.122. The molecule has 0 bridgehead atoms. The molecule has 3 N–H and O–H groups in total. The number of benzene rings is 1. The molecule has 1 aromatic rings. The molecule has 0 aromatic heterocycles. The second-order valence-corrected chi connectivity index (χ2v) is 6.17. The van der Waals surface area contributed by atoms with E-state index in [0.29, 0.717) is 24.8 Å². The molecule has 1 aliphatic rings. The zero-order chi connectivity index (χ0) is 14.5. The van der Waals surface area contributed by atoms with Gasteiger partial charge in [0.25, 0.3) is 0 Å². The first-order chi connectivity index (χ1) is 9.56. The number of halogens is 1. The normalized spacial score (nSPS) is 22.4. The van der Waals surface area contributed by atoms with E-state index in [2.05, 4.69) is 43.4 Å². The Bertz CT molecular complexity index is 447. The molecule has 0 saturated heterocycles. The molecule has 3 nitrogen and oxygen atoms in total. The highest BCUT2D eigenvalue weighted by molar-refractivity contribution is 5.85. The third-order valence-corrected chi connectivity index (χ3v) is 4.42. The van der Waals surface area contributed by atoms with Gasteiger partial charge >= 0.3 is 0 Å². The lowest BCUT2D eigenvalue weighted by atomic mass is 9.98. The minimum atomic E-state index is 0. The zero-order valence-corrected chi connectivity index (χ0v) is 13.8. The quantitative estimate of drug-likeness (QED) is 0.877. The van der Waals surface area contributed by atoms with Crippen molar-refractivity contribution >= 4 is 18.3 Å². The Balaban J connectivity index is 0.00000220. The predicted molar refractivity (Wildman–Crippen MR) is 89.8 cm³/mol. The fourth-order valence-corrected chi connectivity index (χ4v) is 2.91. The summed E-state index contributed by atoms with van der Waals surface area (Å²) in [5, 5.41) is 3.05. The second kappa shape index (κ2) is 8.40. The molecule has 0 radical (unpaired) electrons. The van der Waals surface area contributed by atoms with Crippen LogP contribution in [0.2, 0.25) is 0 Å². The smallest absolute Gasteiger partial charge is 0.220 e. The van der Waals surface area contributed by atoms with Gasteiger partial charge in [0.15, 0.2) is 0 Å². The Morgan fingerprint density at radius 1 is 1.33 bits per heavy atom. The summed E-state index contributed by atoms with van der Waals surface area (Å²) in [5.41, 5.74) is 8.54. The van der Waals surface area contributed by atoms with Crippen LogP contribution in [0.25, 0.3) is 0 Å². The maximum atomic E-state index is 12.0. The van der Waals surface area contributed by atoms with E-state index >= 15 is 0 Å². The topological polar surface area (TPSA) is 55.1 Å². The highest BCUT2D eigenvalue weighted by Gasteiger charge is 2.25. The standard InChI is InChI=1S/C17H26N2O.ClH/c1-12-6-8-14(9-7-12)13(2)11-19-17(20)10-15-4-3-5-16(15)18;/h6-9,13,15-16H,3-5,10-11,18H2,1-2H3,(H,19,20);1H/t13?,15-,16+;/m0./s1. The molecule has 0 aliphatic heterocycles. The largest absolute Gasteiger partial charge is 0.355 e.